The number of methoxy groups -OCH3 is 2. The number of ether oxygens (including phenoxy) is 4. The van der Waals surface area contributed by atoms with E-state index < -0.39 is 23.5 Å². The Balaban J connectivity index is 1.28. The van der Waals surface area contributed by atoms with Crippen molar-refractivity contribution in [3.05, 3.63) is 127 Å². The SMILES string of the molecule is COC1=C2C=C(Cc3cc(=O)oc4ccc(OC)cc34)C(=O)OC2Oc2ccc(Cc3cc(=O)oc4cc(O)ccc34)cc21. The highest BCUT2D eigenvalue weighted by molar-refractivity contribution is 5.94. The standard InChI is InChI=1S/C34H24O10/c1-39-22-5-8-27-24(16-22)19(14-30(36)41-27)11-20-12-26-32(40-2)25-10-17(3-7-28(25)43-34(26)44-33(20)38)9-18-13-31(37)42-29-15-21(35)4-6-23(18)29/h3-8,10,12-16,34-35H,9,11H2,1-2H3. The summed E-state index contributed by atoms with van der Waals surface area (Å²) in [6, 6.07) is 18.0. The van der Waals surface area contributed by atoms with E-state index in [4.69, 9.17) is 27.8 Å². The first-order chi connectivity index (χ1) is 21.3. The zero-order valence-corrected chi connectivity index (χ0v) is 23.5. The van der Waals surface area contributed by atoms with Crippen molar-refractivity contribution in [2.75, 3.05) is 14.2 Å². The van der Waals surface area contributed by atoms with E-state index in [1.165, 1.54) is 38.5 Å². The summed E-state index contributed by atoms with van der Waals surface area (Å²) in [5, 5.41) is 11.2. The monoisotopic (exact) mass is 592 g/mol. The summed E-state index contributed by atoms with van der Waals surface area (Å²) in [6.45, 7) is 0. The zero-order valence-electron chi connectivity index (χ0n) is 23.5. The molecule has 4 heterocycles. The molecule has 0 saturated carbocycles. The molecule has 5 aromatic rings. The molecule has 44 heavy (non-hydrogen) atoms. The van der Waals surface area contributed by atoms with E-state index in [2.05, 4.69) is 0 Å². The molecule has 1 atom stereocenters. The number of hydrogen-bond donors (Lipinski definition) is 1. The fraction of sp³-hybridized carbons (Fsp3) is 0.147. The molecule has 2 aliphatic rings. The lowest BCUT2D eigenvalue weighted by molar-refractivity contribution is -0.155. The van der Waals surface area contributed by atoms with E-state index in [-0.39, 0.29) is 12.2 Å². The van der Waals surface area contributed by atoms with Crippen LogP contribution in [0.2, 0.25) is 0 Å². The molecule has 1 unspecified atom stereocenters. The highest BCUT2D eigenvalue weighted by atomic mass is 16.7. The van der Waals surface area contributed by atoms with Crippen LogP contribution in [0.25, 0.3) is 27.7 Å². The Bertz CT molecular complexity index is 2180. The number of carbonyl (C=O) groups is 1. The van der Waals surface area contributed by atoms with E-state index in [1.807, 2.05) is 12.1 Å². The van der Waals surface area contributed by atoms with Crippen molar-refractivity contribution in [3.8, 4) is 17.2 Å². The number of esters is 1. The average molecular weight is 593 g/mol. The van der Waals surface area contributed by atoms with Gasteiger partial charge >= 0.3 is 17.2 Å². The first kappa shape index (κ1) is 27.1. The Morgan fingerprint density at radius 3 is 2.30 bits per heavy atom. The maximum Gasteiger partial charge on any atom is 0.337 e. The lowest BCUT2D eigenvalue weighted by Crippen LogP contribution is -2.34. The summed E-state index contributed by atoms with van der Waals surface area (Å²) in [7, 11) is 3.06. The highest BCUT2D eigenvalue weighted by Gasteiger charge is 2.36. The second-order valence-electron chi connectivity index (χ2n) is 10.4. The van der Waals surface area contributed by atoms with Crippen molar-refractivity contribution in [2.45, 2.75) is 19.1 Å². The average Bonchev–Trinajstić information content (AvgIpc) is 3.00. The minimum atomic E-state index is -1.02. The third-order valence-corrected chi connectivity index (χ3v) is 7.67. The molecule has 0 amide bonds. The fourth-order valence-electron chi connectivity index (χ4n) is 5.67. The molecular weight excluding hydrogens is 568 g/mol. The molecule has 0 fully saturated rings. The number of phenolic OH excluding ortho intramolecular Hbond substituents is 1. The van der Waals surface area contributed by atoms with Crippen LogP contribution < -0.4 is 20.7 Å². The molecule has 0 spiro atoms. The Hall–Kier alpha value is -5.77. The Morgan fingerprint density at radius 1 is 0.750 bits per heavy atom. The summed E-state index contributed by atoms with van der Waals surface area (Å²) >= 11 is 0. The predicted octanol–water partition coefficient (Wildman–Crippen LogP) is 5.01. The van der Waals surface area contributed by atoms with Gasteiger partial charge in [-0.2, -0.15) is 0 Å². The van der Waals surface area contributed by atoms with E-state index in [1.54, 1.807) is 36.4 Å². The third kappa shape index (κ3) is 4.76. The summed E-state index contributed by atoms with van der Waals surface area (Å²) in [4.78, 5) is 37.6. The van der Waals surface area contributed by atoms with Gasteiger partial charge in [-0.3, -0.25) is 0 Å². The molecule has 0 bridgehead atoms. The topological polar surface area (TPSA) is 135 Å². The van der Waals surface area contributed by atoms with E-state index in [0.29, 0.717) is 67.9 Å². The van der Waals surface area contributed by atoms with Gasteiger partial charge in [0, 0.05) is 41.0 Å². The van der Waals surface area contributed by atoms with Gasteiger partial charge in [0.05, 0.1) is 25.4 Å². The largest absolute Gasteiger partial charge is 0.508 e. The first-order valence-electron chi connectivity index (χ1n) is 13.7. The van der Waals surface area contributed by atoms with E-state index in [9.17, 15) is 19.5 Å². The van der Waals surface area contributed by atoms with Crippen molar-refractivity contribution in [3.63, 3.8) is 0 Å². The number of carbonyl (C=O) groups excluding carboxylic acids is 1. The number of hydrogen-bond acceptors (Lipinski definition) is 10. The minimum Gasteiger partial charge on any atom is -0.508 e. The van der Waals surface area contributed by atoms with Crippen LogP contribution in [0.15, 0.2) is 102 Å². The van der Waals surface area contributed by atoms with Crippen molar-refractivity contribution >= 4 is 33.7 Å². The van der Waals surface area contributed by atoms with Gasteiger partial charge in [0.15, 0.2) is 0 Å². The van der Waals surface area contributed by atoms with Gasteiger partial charge in [0.1, 0.15) is 34.2 Å². The van der Waals surface area contributed by atoms with Crippen LogP contribution in [0, 0.1) is 0 Å². The quantitative estimate of drug-likeness (QED) is 0.212. The van der Waals surface area contributed by atoms with Crippen molar-refractivity contribution in [2.24, 2.45) is 0 Å². The number of aromatic hydroxyl groups is 1. The first-order valence-corrected chi connectivity index (χ1v) is 13.7. The lowest BCUT2D eigenvalue weighted by Gasteiger charge is -2.32. The maximum atomic E-state index is 13.1. The highest BCUT2D eigenvalue weighted by Crippen LogP contribution is 2.41. The van der Waals surface area contributed by atoms with Gasteiger partial charge < -0.3 is 32.9 Å². The summed E-state index contributed by atoms with van der Waals surface area (Å²) in [5.74, 6) is 0.917. The second-order valence-corrected chi connectivity index (χ2v) is 10.4. The number of fused-ring (bicyclic) bond motifs is 4. The van der Waals surface area contributed by atoms with Crippen LogP contribution in [-0.4, -0.2) is 31.6 Å². The second kappa shape index (κ2) is 10.5. The van der Waals surface area contributed by atoms with Crippen LogP contribution >= 0.6 is 0 Å². The molecule has 0 saturated heterocycles. The Kier molecular flexibility index (Phi) is 6.46. The molecule has 2 aliphatic heterocycles. The van der Waals surface area contributed by atoms with Crippen LogP contribution in [0.5, 0.6) is 17.2 Å². The smallest absolute Gasteiger partial charge is 0.337 e. The Labute approximate surface area is 249 Å². The summed E-state index contributed by atoms with van der Waals surface area (Å²) in [6.07, 6.45) is 1.13. The summed E-state index contributed by atoms with van der Waals surface area (Å²) in [5.41, 5.74) is 3.21. The van der Waals surface area contributed by atoms with E-state index in [0.717, 1.165) is 11.1 Å². The number of rotatable bonds is 6. The minimum absolute atomic E-state index is 0.00102. The van der Waals surface area contributed by atoms with Gasteiger partial charge in [0.2, 0.25) is 0 Å². The maximum absolute atomic E-state index is 13.1. The van der Waals surface area contributed by atoms with E-state index >= 15 is 0 Å². The van der Waals surface area contributed by atoms with Crippen molar-refractivity contribution in [1.29, 1.82) is 0 Å². The van der Waals surface area contributed by atoms with Crippen LogP contribution in [0.1, 0.15) is 22.3 Å². The van der Waals surface area contributed by atoms with Crippen molar-refractivity contribution < 1.29 is 37.7 Å². The molecule has 10 nitrogen and oxygen atoms in total. The molecule has 0 aliphatic carbocycles. The Morgan fingerprint density at radius 2 is 1.52 bits per heavy atom. The van der Waals surface area contributed by atoms with Crippen LogP contribution in [0.3, 0.4) is 0 Å². The molecule has 2 aromatic heterocycles. The molecular formula is C34H24O10. The van der Waals surface area contributed by atoms with Crippen LogP contribution in [0.4, 0.5) is 0 Å². The van der Waals surface area contributed by atoms with Gasteiger partial charge in [-0.25, -0.2) is 14.4 Å². The van der Waals surface area contributed by atoms with Crippen LogP contribution in [-0.2, 0) is 27.1 Å². The van der Waals surface area contributed by atoms with Gasteiger partial charge in [-0.05, 0) is 71.7 Å². The fourth-order valence-corrected chi connectivity index (χ4v) is 5.67. The lowest BCUT2D eigenvalue weighted by atomic mass is 9.94. The number of benzene rings is 3. The van der Waals surface area contributed by atoms with Gasteiger partial charge in [-0.15, -0.1) is 0 Å². The molecule has 220 valence electrons. The molecule has 10 heteroatoms. The molecule has 0 radical (unpaired) electrons. The zero-order chi connectivity index (χ0) is 30.5. The normalized spacial score (nSPS) is 15.7. The molecule has 7 rings (SSSR count). The van der Waals surface area contributed by atoms with Gasteiger partial charge in [0.25, 0.3) is 6.29 Å². The third-order valence-electron chi connectivity index (χ3n) is 7.67. The van der Waals surface area contributed by atoms with Gasteiger partial charge in [-0.1, -0.05) is 6.07 Å². The number of phenols is 1. The predicted molar refractivity (Wildman–Crippen MR) is 159 cm³/mol. The molecule has 3 aromatic carbocycles. The molecule has 1 N–H and O–H groups in total. The summed E-state index contributed by atoms with van der Waals surface area (Å²) < 4.78 is 33.5. The van der Waals surface area contributed by atoms with Crippen molar-refractivity contribution in [1.82, 2.24) is 0 Å².